The SMILES string of the molecule is CSc1nccc(-c2cc(COS(C)(=O)=O)n(-c3ccccc3)n2)n1. The Kier molecular flexibility index (Phi) is 5.16. The summed E-state index contributed by atoms with van der Waals surface area (Å²) < 4.78 is 29.3. The van der Waals surface area contributed by atoms with E-state index in [2.05, 4.69) is 15.1 Å². The highest BCUT2D eigenvalue weighted by atomic mass is 32.2. The van der Waals surface area contributed by atoms with E-state index in [4.69, 9.17) is 4.18 Å². The van der Waals surface area contributed by atoms with Crippen LogP contribution in [0.25, 0.3) is 17.1 Å². The van der Waals surface area contributed by atoms with Crippen LogP contribution < -0.4 is 0 Å². The molecule has 0 aliphatic heterocycles. The zero-order valence-electron chi connectivity index (χ0n) is 13.7. The second-order valence-electron chi connectivity index (χ2n) is 5.16. The van der Waals surface area contributed by atoms with Gasteiger partial charge in [0, 0.05) is 6.20 Å². The van der Waals surface area contributed by atoms with Crippen molar-refractivity contribution < 1.29 is 12.6 Å². The summed E-state index contributed by atoms with van der Waals surface area (Å²) in [6.45, 7) is -0.110. The maximum atomic E-state index is 11.3. The highest BCUT2D eigenvalue weighted by Crippen LogP contribution is 2.22. The molecular formula is C16H16N4O3S2. The Morgan fingerprint density at radius 3 is 2.60 bits per heavy atom. The van der Waals surface area contributed by atoms with Crippen molar-refractivity contribution in [3.05, 3.63) is 54.4 Å². The first-order valence-electron chi connectivity index (χ1n) is 7.32. The summed E-state index contributed by atoms with van der Waals surface area (Å²) in [6.07, 6.45) is 4.59. The summed E-state index contributed by atoms with van der Waals surface area (Å²) in [4.78, 5) is 8.59. The minimum atomic E-state index is -3.56. The number of para-hydroxylation sites is 1. The predicted molar refractivity (Wildman–Crippen MR) is 96.0 cm³/mol. The van der Waals surface area contributed by atoms with Crippen LogP contribution in [0.4, 0.5) is 0 Å². The molecule has 2 aromatic heterocycles. The first-order valence-corrected chi connectivity index (χ1v) is 10.4. The van der Waals surface area contributed by atoms with Crippen molar-refractivity contribution in [1.82, 2.24) is 19.7 Å². The number of rotatable bonds is 6. The van der Waals surface area contributed by atoms with Gasteiger partial charge in [-0.25, -0.2) is 14.6 Å². The summed E-state index contributed by atoms with van der Waals surface area (Å²) in [5.74, 6) is 0. The quantitative estimate of drug-likeness (QED) is 0.371. The molecule has 0 saturated heterocycles. The van der Waals surface area contributed by atoms with Crippen LogP contribution in [0, 0.1) is 0 Å². The predicted octanol–water partition coefficient (Wildman–Crippen LogP) is 2.53. The fourth-order valence-corrected chi connectivity index (χ4v) is 2.88. The van der Waals surface area contributed by atoms with E-state index < -0.39 is 10.1 Å². The minimum Gasteiger partial charge on any atom is -0.264 e. The summed E-state index contributed by atoms with van der Waals surface area (Å²) in [5.41, 5.74) is 2.69. The molecule has 25 heavy (non-hydrogen) atoms. The van der Waals surface area contributed by atoms with Crippen LogP contribution in [0.3, 0.4) is 0 Å². The van der Waals surface area contributed by atoms with Crippen molar-refractivity contribution in [1.29, 1.82) is 0 Å². The Morgan fingerprint density at radius 2 is 1.92 bits per heavy atom. The van der Waals surface area contributed by atoms with Gasteiger partial charge in [0.05, 0.1) is 23.3 Å². The fraction of sp³-hybridized carbons (Fsp3) is 0.188. The van der Waals surface area contributed by atoms with Crippen LogP contribution in [-0.4, -0.2) is 40.7 Å². The summed E-state index contributed by atoms with van der Waals surface area (Å²) in [7, 11) is -3.56. The fourth-order valence-electron chi connectivity index (χ4n) is 2.19. The van der Waals surface area contributed by atoms with Gasteiger partial charge >= 0.3 is 0 Å². The van der Waals surface area contributed by atoms with E-state index in [9.17, 15) is 8.42 Å². The van der Waals surface area contributed by atoms with Crippen molar-refractivity contribution in [3.8, 4) is 17.1 Å². The average molecular weight is 376 g/mol. The van der Waals surface area contributed by atoms with Crippen LogP contribution >= 0.6 is 11.8 Å². The van der Waals surface area contributed by atoms with E-state index >= 15 is 0 Å². The third-order valence-corrected chi connectivity index (χ3v) is 4.39. The molecular weight excluding hydrogens is 360 g/mol. The van der Waals surface area contributed by atoms with Crippen molar-refractivity contribution in [2.75, 3.05) is 12.5 Å². The number of thioether (sulfide) groups is 1. The lowest BCUT2D eigenvalue weighted by molar-refractivity contribution is 0.303. The number of hydrogen-bond donors (Lipinski definition) is 0. The molecule has 0 fully saturated rings. The van der Waals surface area contributed by atoms with E-state index in [-0.39, 0.29) is 6.61 Å². The normalized spacial score (nSPS) is 11.6. The Labute approximate surface area is 150 Å². The lowest BCUT2D eigenvalue weighted by atomic mass is 10.2. The number of benzene rings is 1. The summed E-state index contributed by atoms with van der Waals surface area (Å²) >= 11 is 1.44. The Hall–Kier alpha value is -2.23. The zero-order valence-corrected chi connectivity index (χ0v) is 15.3. The van der Waals surface area contributed by atoms with Gasteiger partial charge in [0.25, 0.3) is 10.1 Å². The van der Waals surface area contributed by atoms with Crippen molar-refractivity contribution >= 4 is 21.9 Å². The second kappa shape index (κ2) is 7.34. The van der Waals surface area contributed by atoms with Gasteiger partial charge in [0.15, 0.2) is 5.16 Å². The number of nitrogens with zero attached hydrogens (tertiary/aromatic N) is 4. The third-order valence-electron chi connectivity index (χ3n) is 3.28. The Balaban J connectivity index is 2.04. The molecule has 130 valence electrons. The molecule has 0 spiro atoms. The largest absolute Gasteiger partial charge is 0.264 e. The molecule has 2 heterocycles. The molecule has 0 unspecified atom stereocenters. The van der Waals surface area contributed by atoms with Crippen LogP contribution in [-0.2, 0) is 20.9 Å². The van der Waals surface area contributed by atoms with Gasteiger partial charge in [-0.05, 0) is 30.5 Å². The molecule has 0 saturated carbocycles. The summed E-state index contributed by atoms with van der Waals surface area (Å²) in [6, 6.07) is 13.0. The van der Waals surface area contributed by atoms with E-state index in [1.807, 2.05) is 36.6 Å². The molecule has 3 aromatic rings. The lowest BCUT2D eigenvalue weighted by Crippen LogP contribution is -2.07. The molecule has 0 aliphatic carbocycles. The molecule has 9 heteroatoms. The van der Waals surface area contributed by atoms with Crippen molar-refractivity contribution in [3.63, 3.8) is 0 Å². The van der Waals surface area contributed by atoms with Crippen LogP contribution in [0.1, 0.15) is 5.69 Å². The second-order valence-corrected chi connectivity index (χ2v) is 7.58. The van der Waals surface area contributed by atoms with E-state index in [0.29, 0.717) is 22.2 Å². The highest BCUT2D eigenvalue weighted by Gasteiger charge is 2.15. The number of aromatic nitrogens is 4. The standard InChI is InChI=1S/C16H16N4O3S2/c1-24-16-17-9-8-14(18-16)15-10-13(11-23-25(2,21)22)20(19-15)12-6-4-3-5-7-12/h3-10H,11H2,1-2H3. The maximum Gasteiger partial charge on any atom is 0.264 e. The molecule has 1 aromatic carbocycles. The smallest absolute Gasteiger partial charge is 0.264 e. The molecule has 7 nitrogen and oxygen atoms in total. The first-order chi connectivity index (χ1) is 12.0. The van der Waals surface area contributed by atoms with Crippen LogP contribution in [0.15, 0.2) is 53.8 Å². The molecule has 0 atom stereocenters. The number of hydrogen-bond acceptors (Lipinski definition) is 7. The van der Waals surface area contributed by atoms with Gasteiger partial charge < -0.3 is 0 Å². The van der Waals surface area contributed by atoms with Gasteiger partial charge in [-0.2, -0.15) is 13.5 Å². The van der Waals surface area contributed by atoms with E-state index in [1.165, 1.54) is 11.8 Å². The molecule has 0 aliphatic rings. The van der Waals surface area contributed by atoms with Gasteiger partial charge in [0.1, 0.15) is 12.3 Å². The highest BCUT2D eigenvalue weighted by molar-refractivity contribution is 7.98. The Morgan fingerprint density at radius 1 is 1.16 bits per heavy atom. The van der Waals surface area contributed by atoms with Crippen molar-refractivity contribution in [2.45, 2.75) is 11.8 Å². The van der Waals surface area contributed by atoms with Crippen LogP contribution in [0.2, 0.25) is 0 Å². The lowest BCUT2D eigenvalue weighted by Gasteiger charge is -2.06. The maximum absolute atomic E-state index is 11.3. The average Bonchev–Trinajstić information content (AvgIpc) is 3.04. The van der Waals surface area contributed by atoms with Gasteiger partial charge in [-0.15, -0.1) is 0 Å². The van der Waals surface area contributed by atoms with Crippen molar-refractivity contribution in [2.24, 2.45) is 0 Å². The topological polar surface area (TPSA) is 87.0 Å². The summed E-state index contributed by atoms with van der Waals surface area (Å²) in [5, 5.41) is 5.21. The molecule has 0 amide bonds. The Bertz CT molecular complexity index is 972. The molecule has 0 bridgehead atoms. The van der Waals surface area contributed by atoms with E-state index in [0.717, 1.165) is 11.9 Å². The molecule has 0 radical (unpaired) electrons. The monoisotopic (exact) mass is 376 g/mol. The minimum absolute atomic E-state index is 0.110. The zero-order chi connectivity index (χ0) is 17.9. The van der Waals surface area contributed by atoms with Gasteiger partial charge in [-0.3, -0.25) is 4.18 Å². The first kappa shape index (κ1) is 17.6. The van der Waals surface area contributed by atoms with Gasteiger partial charge in [-0.1, -0.05) is 30.0 Å². The third kappa shape index (κ3) is 4.44. The van der Waals surface area contributed by atoms with E-state index in [1.54, 1.807) is 23.0 Å². The van der Waals surface area contributed by atoms with Crippen LogP contribution in [0.5, 0.6) is 0 Å². The molecule has 3 rings (SSSR count). The molecule has 0 N–H and O–H groups in total. The van der Waals surface area contributed by atoms with Gasteiger partial charge in [0.2, 0.25) is 0 Å².